The standard InChI is InChI=1S/C14H26INO3/c1-13(2,3)18-12(17)10-14(4,5)19-16-8-6-11(15)7-9-16/h11H,6-10H2,1-5H3. The number of hydroxylamine groups is 2. The Labute approximate surface area is 130 Å². The number of hydrogen-bond donors (Lipinski definition) is 0. The summed E-state index contributed by atoms with van der Waals surface area (Å²) in [7, 11) is 0. The number of rotatable bonds is 4. The highest BCUT2D eigenvalue weighted by Crippen LogP contribution is 2.24. The molecule has 4 nitrogen and oxygen atoms in total. The predicted octanol–water partition coefficient (Wildman–Crippen LogP) is 3.33. The molecule has 0 spiro atoms. The van der Waals surface area contributed by atoms with Crippen molar-refractivity contribution in [3.63, 3.8) is 0 Å². The number of piperidine rings is 1. The summed E-state index contributed by atoms with van der Waals surface area (Å²) in [5.74, 6) is -0.207. The minimum Gasteiger partial charge on any atom is -0.460 e. The molecule has 0 N–H and O–H groups in total. The van der Waals surface area contributed by atoms with Crippen molar-refractivity contribution in [2.45, 2.75) is 69.0 Å². The average molecular weight is 383 g/mol. The molecule has 0 radical (unpaired) electrons. The first-order valence-electron chi connectivity index (χ1n) is 6.87. The Hall–Kier alpha value is 0.120. The number of nitrogens with zero attached hydrogens (tertiary/aromatic N) is 1. The van der Waals surface area contributed by atoms with E-state index in [4.69, 9.17) is 9.57 Å². The zero-order valence-corrected chi connectivity index (χ0v) is 14.8. The Morgan fingerprint density at radius 2 is 1.74 bits per heavy atom. The molecule has 1 aliphatic rings. The monoisotopic (exact) mass is 383 g/mol. The fourth-order valence-electron chi connectivity index (χ4n) is 2.02. The van der Waals surface area contributed by atoms with Gasteiger partial charge in [0.1, 0.15) is 5.60 Å². The first-order chi connectivity index (χ1) is 8.57. The van der Waals surface area contributed by atoms with Gasteiger partial charge in [-0.25, -0.2) is 0 Å². The van der Waals surface area contributed by atoms with E-state index in [0.717, 1.165) is 29.9 Å². The number of esters is 1. The maximum Gasteiger partial charge on any atom is 0.309 e. The molecule has 1 heterocycles. The molecule has 0 bridgehead atoms. The largest absolute Gasteiger partial charge is 0.460 e. The zero-order valence-electron chi connectivity index (χ0n) is 12.7. The SMILES string of the molecule is CC(C)(C)OC(=O)CC(C)(C)ON1CCC(I)CC1. The van der Waals surface area contributed by atoms with E-state index in [2.05, 4.69) is 22.6 Å². The van der Waals surface area contributed by atoms with Crippen LogP contribution in [0.1, 0.15) is 53.9 Å². The van der Waals surface area contributed by atoms with Gasteiger partial charge in [0.2, 0.25) is 0 Å². The predicted molar refractivity (Wildman–Crippen MR) is 84.2 cm³/mol. The third-order valence-corrected chi connectivity index (χ3v) is 4.00. The molecule has 0 atom stereocenters. The van der Waals surface area contributed by atoms with Crippen LogP contribution < -0.4 is 0 Å². The second-order valence-corrected chi connectivity index (χ2v) is 8.48. The van der Waals surface area contributed by atoms with Crippen molar-refractivity contribution >= 4 is 28.6 Å². The van der Waals surface area contributed by atoms with Crippen LogP contribution in [0, 0.1) is 0 Å². The molecule has 0 aromatic heterocycles. The fraction of sp³-hybridized carbons (Fsp3) is 0.929. The van der Waals surface area contributed by atoms with E-state index >= 15 is 0 Å². The zero-order chi connectivity index (χ0) is 14.7. The summed E-state index contributed by atoms with van der Waals surface area (Å²) < 4.78 is 6.08. The highest BCUT2D eigenvalue weighted by molar-refractivity contribution is 14.1. The molecule has 0 aromatic carbocycles. The van der Waals surface area contributed by atoms with Gasteiger partial charge in [-0.3, -0.25) is 9.63 Å². The molecule has 1 fully saturated rings. The van der Waals surface area contributed by atoms with E-state index in [-0.39, 0.29) is 12.4 Å². The summed E-state index contributed by atoms with van der Waals surface area (Å²) >= 11 is 2.48. The van der Waals surface area contributed by atoms with Crippen LogP contribution in [-0.4, -0.2) is 39.2 Å². The van der Waals surface area contributed by atoms with Gasteiger partial charge in [0, 0.05) is 17.0 Å². The van der Waals surface area contributed by atoms with Crippen molar-refractivity contribution < 1.29 is 14.4 Å². The highest BCUT2D eigenvalue weighted by atomic mass is 127. The summed E-state index contributed by atoms with van der Waals surface area (Å²) in [6, 6.07) is 0. The molecule has 0 saturated carbocycles. The maximum absolute atomic E-state index is 11.8. The van der Waals surface area contributed by atoms with E-state index in [1.807, 2.05) is 39.7 Å². The summed E-state index contributed by atoms with van der Waals surface area (Å²) in [6.07, 6.45) is 2.56. The molecule has 0 aliphatic carbocycles. The summed E-state index contributed by atoms with van der Waals surface area (Å²) in [4.78, 5) is 17.8. The second kappa shape index (κ2) is 6.72. The van der Waals surface area contributed by atoms with Crippen LogP contribution in [-0.2, 0) is 14.4 Å². The topological polar surface area (TPSA) is 38.8 Å². The molecule has 0 aromatic rings. The van der Waals surface area contributed by atoms with Gasteiger partial charge in [-0.1, -0.05) is 22.6 Å². The lowest BCUT2D eigenvalue weighted by atomic mass is 10.1. The van der Waals surface area contributed by atoms with Crippen molar-refractivity contribution in [1.29, 1.82) is 0 Å². The number of alkyl halides is 1. The van der Waals surface area contributed by atoms with Crippen molar-refractivity contribution in [3.05, 3.63) is 0 Å². The van der Waals surface area contributed by atoms with Crippen LogP contribution >= 0.6 is 22.6 Å². The van der Waals surface area contributed by atoms with Crippen LogP contribution in [0.4, 0.5) is 0 Å². The van der Waals surface area contributed by atoms with Crippen LogP contribution in [0.25, 0.3) is 0 Å². The molecule has 19 heavy (non-hydrogen) atoms. The second-order valence-electron chi connectivity index (χ2n) is 6.72. The summed E-state index contributed by atoms with van der Waals surface area (Å²) in [6.45, 7) is 11.4. The number of ether oxygens (including phenoxy) is 1. The van der Waals surface area contributed by atoms with Gasteiger partial charge in [-0.05, 0) is 47.5 Å². The van der Waals surface area contributed by atoms with Crippen molar-refractivity contribution in [2.24, 2.45) is 0 Å². The third-order valence-electron chi connectivity index (χ3n) is 2.75. The van der Waals surface area contributed by atoms with Gasteiger partial charge in [-0.15, -0.1) is 0 Å². The van der Waals surface area contributed by atoms with Gasteiger partial charge in [-0.2, -0.15) is 5.06 Å². The number of carbonyl (C=O) groups is 1. The van der Waals surface area contributed by atoms with Gasteiger partial charge < -0.3 is 4.74 Å². The number of halogens is 1. The van der Waals surface area contributed by atoms with E-state index in [9.17, 15) is 4.79 Å². The maximum atomic E-state index is 11.8. The lowest BCUT2D eigenvalue weighted by Crippen LogP contribution is -2.42. The summed E-state index contributed by atoms with van der Waals surface area (Å²) in [5, 5.41) is 1.99. The molecule has 1 saturated heterocycles. The average Bonchev–Trinajstić information content (AvgIpc) is 2.17. The van der Waals surface area contributed by atoms with Gasteiger partial charge in [0.05, 0.1) is 12.0 Å². The van der Waals surface area contributed by atoms with Gasteiger partial charge in [0.25, 0.3) is 0 Å². The third kappa shape index (κ3) is 7.46. The Balaban J connectivity index is 2.40. The molecule has 0 unspecified atom stereocenters. The molecule has 0 amide bonds. The fourth-order valence-corrected chi connectivity index (χ4v) is 2.58. The normalized spacial score (nSPS) is 19.5. The van der Waals surface area contributed by atoms with E-state index < -0.39 is 11.2 Å². The van der Waals surface area contributed by atoms with Gasteiger partial charge >= 0.3 is 5.97 Å². The van der Waals surface area contributed by atoms with Crippen LogP contribution in [0.2, 0.25) is 0 Å². The lowest BCUT2D eigenvalue weighted by molar-refractivity contribution is -0.244. The van der Waals surface area contributed by atoms with E-state index in [1.54, 1.807) is 0 Å². The van der Waals surface area contributed by atoms with Crippen molar-refractivity contribution in [2.75, 3.05) is 13.1 Å². The first kappa shape index (κ1) is 17.2. The molecule has 1 aliphatic heterocycles. The Bertz CT molecular complexity index is 304. The molecule has 112 valence electrons. The Kier molecular flexibility index (Phi) is 6.07. The lowest BCUT2D eigenvalue weighted by Gasteiger charge is -2.35. The molecule has 5 heteroatoms. The van der Waals surface area contributed by atoms with E-state index in [0.29, 0.717) is 0 Å². The minimum absolute atomic E-state index is 0.207. The van der Waals surface area contributed by atoms with Crippen molar-refractivity contribution in [1.82, 2.24) is 5.06 Å². The molecular weight excluding hydrogens is 357 g/mol. The van der Waals surface area contributed by atoms with Crippen molar-refractivity contribution in [3.8, 4) is 0 Å². The smallest absolute Gasteiger partial charge is 0.309 e. The van der Waals surface area contributed by atoms with Crippen LogP contribution in [0.3, 0.4) is 0 Å². The number of carbonyl (C=O) groups excluding carboxylic acids is 1. The Morgan fingerprint density at radius 1 is 1.21 bits per heavy atom. The van der Waals surface area contributed by atoms with E-state index in [1.165, 1.54) is 0 Å². The van der Waals surface area contributed by atoms with Crippen LogP contribution in [0.15, 0.2) is 0 Å². The first-order valence-corrected chi connectivity index (χ1v) is 8.12. The highest BCUT2D eigenvalue weighted by Gasteiger charge is 2.30. The molecule has 1 rings (SSSR count). The minimum atomic E-state index is -0.513. The number of hydrogen-bond acceptors (Lipinski definition) is 4. The quantitative estimate of drug-likeness (QED) is 0.424. The van der Waals surface area contributed by atoms with Crippen LogP contribution in [0.5, 0.6) is 0 Å². The Morgan fingerprint density at radius 3 is 2.21 bits per heavy atom. The summed E-state index contributed by atoms with van der Waals surface area (Å²) in [5.41, 5.74) is -0.951. The van der Waals surface area contributed by atoms with Gasteiger partial charge in [0.15, 0.2) is 0 Å². The molecular formula is C14H26INO3.